The van der Waals surface area contributed by atoms with E-state index in [0.717, 1.165) is 0 Å². The van der Waals surface area contributed by atoms with Gasteiger partial charge in [0.15, 0.2) is 18.3 Å². The van der Waals surface area contributed by atoms with Crippen LogP contribution in [0.1, 0.15) is 18.4 Å². The number of hydrogen-bond acceptors (Lipinski definition) is 6. The zero-order valence-corrected chi connectivity index (χ0v) is 18.2. The van der Waals surface area contributed by atoms with Gasteiger partial charge in [-0.05, 0) is 18.4 Å². The summed E-state index contributed by atoms with van der Waals surface area (Å²) in [5.41, 5.74) is 21.7. The van der Waals surface area contributed by atoms with E-state index >= 15 is 0 Å². The van der Waals surface area contributed by atoms with E-state index in [1.807, 2.05) is 10.6 Å². The van der Waals surface area contributed by atoms with Crippen LogP contribution in [0.15, 0.2) is 35.3 Å². The van der Waals surface area contributed by atoms with Crippen molar-refractivity contribution in [1.82, 2.24) is 10.6 Å². The molecule has 0 spiro atoms. The summed E-state index contributed by atoms with van der Waals surface area (Å²) in [6.07, 6.45) is -5.87. The number of carboxylic acid groups (broad SMARTS) is 1. The lowest BCUT2D eigenvalue weighted by Gasteiger charge is -2.26. The van der Waals surface area contributed by atoms with Gasteiger partial charge in [0.25, 0.3) is 0 Å². The van der Waals surface area contributed by atoms with Crippen LogP contribution in [0.25, 0.3) is 0 Å². The van der Waals surface area contributed by atoms with Gasteiger partial charge >= 0.3 is 5.97 Å². The lowest BCUT2D eigenvalue weighted by atomic mass is 10.0. The van der Waals surface area contributed by atoms with Gasteiger partial charge in [-0.2, -0.15) is 0 Å². The summed E-state index contributed by atoms with van der Waals surface area (Å²) in [5.74, 6) is -5.24. The van der Waals surface area contributed by atoms with E-state index in [2.05, 4.69) is 4.99 Å². The van der Waals surface area contributed by atoms with Crippen molar-refractivity contribution >= 4 is 29.7 Å². The van der Waals surface area contributed by atoms with Gasteiger partial charge in [0, 0.05) is 6.42 Å². The van der Waals surface area contributed by atoms with E-state index in [9.17, 15) is 33.1 Å². The number of rotatable bonds is 14. The third kappa shape index (κ3) is 9.77. The number of benzene rings is 1. The van der Waals surface area contributed by atoms with Gasteiger partial charge in [-0.3, -0.25) is 19.4 Å². The maximum absolute atomic E-state index is 14.9. The van der Waals surface area contributed by atoms with Crippen molar-refractivity contribution in [2.24, 2.45) is 27.9 Å². The van der Waals surface area contributed by atoms with Crippen LogP contribution >= 0.6 is 0 Å². The predicted molar refractivity (Wildman–Crippen MR) is 119 cm³/mol. The zero-order valence-electron chi connectivity index (χ0n) is 18.2. The lowest BCUT2D eigenvalue weighted by Crippen LogP contribution is -2.60. The van der Waals surface area contributed by atoms with Crippen LogP contribution in [-0.2, 0) is 25.6 Å². The minimum Gasteiger partial charge on any atom is -0.480 e. The minimum atomic E-state index is -2.67. The number of aliphatic imine (C=N–C) groups is 1. The van der Waals surface area contributed by atoms with Crippen LogP contribution in [0, 0.1) is 0 Å². The highest BCUT2D eigenvalue weighted by atomic mass is 19.2. The van der Waals surface area contributed by atoms with Gasteiger partial charge < -0.3 is 38.7 Å². The Balaban J connectivity index is 3.04. The molecule has 0 aliphatic carbocycles. The summed E-state index contributed by atoms with van der Waals surface area (Å²) < 4.78 is 29.3. The molecule has 0 radical (unpaired) electrons. The molecule has 0 aliphatic rings. The number of carbonyl (C=O) groups excluding carboxylic acids is 3. The van der Waals surface area contributed by atoms with Crippen LogP contribution in [-0.4, -0.2) is 71.8 Å². The van der Waals surface area contributed by atoms with Crippen LogP contribution in [0.5, 0.6) is 0 Å². The highest BCUT2D eigenvalue weighted by Gasteiger charge is 2.38. The molecule has 12 nitrogen and oxygen atoms in total. The smallest absolute Gasteiger partial charge is 0.326 e. The average Bonchev–Trinajstić information content (AvgIpc) is 2.77. The maximum Gasteiger partial charge on any atom is 0.326 e. The first-order chi connectivity index (χ1) is 15.9. The Morgan fingerprint density at radius 2 is 1.62 bits per heavy atom. The molecule has 0 saturated heterocycles. The van der Waals surface area contributed by atoms with Gasteiger partial charge in [0.05, 0.1) is 12.6 Å². The third-order valence-electron chi connectivity index (χ3n) is 4.62. The Morgan fingerprint density at radius 3 is 2.15 bits per heavy atom. The maximum atomic E-state index is 14.9. The number of carbonyl (C=O) groups is 4. The predicted octanol–water partition coefficient (Wildman–Crippen LogP) is -2.17. The van der Waals surface area contributed by atoms with Crippen LogP contribution in [0.3, 0.4) is 0 Å². The van der Waals surface area contributed by atoms with E-state index in [-0.39, 0.29) is 6.42 Å². The summed E-state index contributed by atoms with van der Waals surface area (Å²) in [5, 5.41) is 13.3. The number of nitrogens with zero attached hydrogens (tertiary/aromatic N) is 1. The Kier molecular flexibility index (Phi) is 11.3. The molecule has 0 bridgehead atoms. The number of hydrogen-bond donors (Lipinski definition) is 7. The summed E-state index contributed by atoms with van der Waals surface area (Å²) >= 11 is 0. The SMILES string of the molecule is NC(=O)CC[C@H](NC(=O)[C@@H](NC(=O)[C@@H](N)Cc1ccccc1)C(F)C(F)CN=C(N)N)C(=O)O. The number of carboxylic acids is 1. The Hall–Kier alpha value is -3.81. The molecule has 188 valence electrons. The van der Waals surface area contributed by atoms with Gasteiger partial charge in [-0.1, -0.05) is 30.3 Å². The molecular formula is C20H29F2N7O5. The van der Waals surface area contributed by atoms with Crippen molar-refractivity contribution in [2.75, 3.05) is 6.54 Å². The molecule has 1 aromatic carbocycles. The first kappa shape index (κ1) is 28.2. The van der Waals surface area contributed by atoms with Crippen LogP contribution in [0.4, 0.5) is 8.78 Å². The quantitative estimate of drug-likeness (QED) is 0.113. The molecule has 1 rings (SSSR count). The fourth-order valence-corrected chi connectivity index (χ4v) is 2.82. The fraction of sp³-hybridized carbons (Fsp3) is 0.450. The molecule has 5 atom stereocenters. The van der Waals surface area contributed by atoms with Gasteiger partial charge in [0.2, 0.25) is 17.7 Å². The Morgan fingerprint density at radius 1 is 1.00 bits per heavy atom. The number of halogens is 2. The normalized spacial score (nSPS) is 15.1. The molecular weight excluding hydrogens is 456 g/mol. The van der Waals surface area contributed by atoms with Crippen LogP contribution < -0.4 is 33.6 Å². The van der Waals surface area contributed by atoms with E-state index in [4.69, 9.17) is 22.9 Å². The molecule has 1 aromatic rings. The Labute approximate surface area is 194 Å². The largest absolute Gasteiger partial charge is 0.480 e. The van der Waals surface area contributed by atoms with Gasteiger partial charge in [-0.15, -0.1) is 0 Å². The monoisotopic (exact) mass is 485 g/mol. The van der Waals surface area contributed by atoms with E-state index in [1.54, 1.807) is 30.3 Å². The Bertz CT molecular complexity index is 883. The number of alkyl halides is 2. The molecule has 0 fully saturated rings. The second kappa shape index (κ2) is 13.7. The molecule has 14 heteroatoms. The fourth-order valence-electron chi connectivity index (χ4n) is 2.82. The minimum absolute atomic E-state index is 0.0291. The summed E-state index contributed by atoms with van der Waals surface area (Å²) in [6, 6.07) is 3.50. The van der Waals surface area contributed by atoms with Crippen LogP contribution in [0.2, 0.25) is 0 Å². The second-order valence-electron chi connectivity index (χ2n) is 7.41. The molecule has 0 heterocycles. The third-order valence-corrected chi connectivity index (χ3v) is 4.62. The number of aliphatic carboxylic acids is 1. The first-order valence-electron chi connectivity index (χ1n) is 10.2. The topological polar surface area (TPSA) is 229 Å². The highest BCUT2D eigenvalue weighted by molar-refractivity contribution is 5.92. The van der Waals surface area contributed by atoms with E-state index < -0.39 is 79.5 Å². The van der Waals surface area contributed by atoms with Gasteiger partial charge in [0.1, 0.15) is 12.1 Å². The number of amides is 3. The van der Waals surface area contributed by atoms with Gasteiger partial charge in [-0.25, -0.2) is 13.6 Å². The summed E-state index contributed by atoms with van der Waals surface area (Å²) in [7, 11) is 0. The molecule has 0 saturated carbocycles. The lowest BCUT2D eigenvalue weighted by molar-refractivity contribution is -0.143. The standard InChI is InChI=1S/C20H29F2N7O5/c21-11(9-27-20(25)26)15(22)16(18(32)28-13(19(33)34)6-7-14(24)30)29-17(31)12(23)8-10-4-2-1-3-5-10/h1-5,11-13,15-16H,6-9,23H2,(H2,24,30)(H,28,32)(H,29,31)(H,33,34)(H4,25,26,27)/t11?,12-,13-,15?,16-/m0/s1. The number of guanidine groups is 1. The molecule has 11 N–H and O–H groups in total. The molecule has 0 aromatic heterocycles. The number of nitrogens with two attached hydrogens (primary N) is 4. The zero-order chi connectivity index (χ0) is 25.8. The molecule has 2 unspecified atom stereocenters. The van der Waals surface area contributed by atoms with E-state index in [1.165, 1.54) is 0 Å². The van der Waals surface area contributed by atoms with Crippen molar-refractivity contribution in [1.29, 1.82) is 0 Å². The number of primary amides is 1. The summed E-state index contributed by atoms with van der Waals surface area (Å²) in [6.45, 7) is -0.858. The van der Waals surface area contributed by atoms with Crippen molar-refractivity contribution in [2.45, 2.75) is 49.7 Å². The second-order valence-corrected chi connectivity index (χ2v) is 7.41. The number of nitrogens with one attached hydrogen (secondary N) is 2. The average molecular weight is 485 g/mol. The molecule has 0 aliphatic heterocycles. The first-order valence-corrected chi connectivity index (χ1v) is 10.2. The van der Waals surface area contributed by atoms with E-state index in [0.29, 0.717) is 5.56 Å². The van der Waals surface area contributed by atoms with Crippen molar-refractivity contribution in [3.05, 3.63) is 35.9 Å². The van der Waals surface area contributed by atoms with Crippen molar-refractivity contribution < 1.29 is 33.1 Å². The summed E-state index contributed by atoms with van der Waals surface area (Å²) in [4.78, 5) is 50.9. The molecule has 34 heavy (non-hydrogen) atoms. The van der Waals surface area contributed by atoms with Crippen molar-refractivity contribution in [3.63, 3.8) is 0 Å². The highest BCUT2D eigenvalue weighted by Crippen LogP contribution is 2.12. The van der Waals surface area contributed by atoms with Crippen molar-refractivity contribution in [3.8, 4) is 0 Å². The molecule has 3 amide bonds.